The van der Waals surface area contributed by atoms with Crippen LogP contribution in [0.3, 0.4) is 0 Å². The molecule has 0 N–H and O–H groups in total. The summed E-state index contributed by atoms with van der Waals surface area (Å²) in [4.78, 5) is 18.2. The molecule has 0 spiro atoms. The lowest BCUT2D eigenvalue weighted by molar-refractivity contribution is -0.121. The van der Waals surface area contributed by atoms with E-state index in [0.29, 0.717) is 0 Å². The van der Waals surface area contributed by atoms with Gasteiger partial charge in [0, 0.05) is 36.9 Å². The number of amides is 1. The molecule has 2 aromatic heterocycles. The molecule has 3 heterocycles. The zero-order chi connectivity index (χ0) is 16.9. The summed E-state index contributed by atoms with van der Waals surface area (Å²) in [5.41, 5.74) is 4.60. The number of aromatic nitrogens is 3. The second kappa shape index (κ2) is 5.03. The summed E-state index contributed by atoms with van der Waals surface area (Å²) in [5, 5.41) is 4.43. The topological polar surface area (TPSA) is 51.0 Å². The van der Waals surface area contributed by atoms with Crippen LogP contribution in [0.5, 0.6) is 0 Å². The molecule has 0 fully saturated rings. The summed E-state index contributed by atoms with van der Waals surface area (Å²) in [7, 11) is 1.83. The van der Waals surface area contributed by atoms with Crippen LogP contribution in [0, 0.1) is 0 Å². The van der Waals surface area contributed by atoms with E-state index in [9.17, 15) is 4.79 Å². The van der Waals surface area contributed by atoms with Gasteiger partial charge in [-0.25, -0.2) is 4.68 Å². The van der Waals surface area contributed by atoms with Crippen LogP contribution in [0.1, 0.15) is 19.4 Å². The summed E-state index contributed by atoms with van der Waals surface area (Å²) in [5.74, 6) is 0.127. The van der Waals surface area contributed by atoms with Crippen molar-refractivity contribution < 1.29 is 4.79 Å². The average molecular weight is 318 g/mol. The third-order valence-corrected chi connectivity index (χ3v) is 4.71. The molecule has 4 rings (SSSR count). The minimum atomic E-state index is -0.468. The maximum Gasteiger partial charge on any atom is 0.236 e. The van der Waals surface area contributed by atoms with E-state index in [2.05, 4.69) is 28.3 Å². The van der Waals surface area contributed by atoms with Crippen molar-refractivity contribution in [1.82, 2.24) is 14.8 Å². The average Bonchev–Trinajstić information content (AvgIpc) is 3.16. The largest absolute Gasteiger partial charge is 0.314 e. The molecule has 0 bridgehead atoms. The number of benzene rings is 1. The van der Waals surface area contributed by atoms with Crippen molar-refractivity contribution in [3.05, 3.63) is 60.7 Å². The van der Waals surface area contributed by atoms with E-state index in [1.807, 2.05) is 50.1 Å². The normalized spacial score (nSPS) is 15.6. The molecule has 0 saturated heterocycles. The highest BCUT2D eigenvalue weighted by Crippen LogP contribution is 2.42. The van der Waals surface area contributed by atoms with Crippen molar-refractivity contribution in [1.29, 1.82) is 0 Å². The Bertz CT molecular complexity index is 928. The van der Waals surface area contributed by atoms with E-state index in [0.717, 1.165) is 28.1 Å². The third-order valence-electron chi connectivity index (χ3n) is 4.71. The summed E-state index contributed by atoms with van der Waals surface area (Å²) in [6, 6.07) is 10.00. The van der Waals surface area contributed by atoms with Crippen molar-refractivity contribution >= 4 is 11.6 Å². The number of anilines is 1. The van der Waals surface area contributed by atoms with E-state index in [1.165, 1.54) is 0 Å². The zero-order valence-electron chi connectivity index (χ0n) is 13.9. The Morgan fingerprint density at radius 1 is 1.04 bits per heavy atom. The molecule has 0 aliphatic carbocycles. The van der Waals surface area contributed by atoms with Crippen molar-refractivity contribution in [2.75, 3.05) is 11.9 Å². The zero-order valence-corrected chi connectivity index (χ0v) is 13.9. The second-order valence-corrected chi connectivity index (χ2v) is 6.60. The molecule has 1 aromatic carbocycles. The Labute approximate surface area is 140 Å². The predicted octanol–water partition coefficient (Wildman–Crippen LogP) is 3.19. The Hall–Kier alpha value is -2.95. The lowest BCUT2D eigenvalue weighted by Gasteiger charge is -2.16. The highest BCUT2D eigenvalue weighted by Gasteiger charge is 2.42. The van der Waals surface area contributed by atoms with E-state index in [4.69, 9.17) is 0 Å². The maximum atomic E-state index is 12.4. The molecule has 0 atom stereocenters. The van der Waals surface area contributed by atoms with Crippen molar-refractivity contribution in [2.24, 2.45) is 0 Å². The summed E-state index contributed by atoms with van der Waals surface area (Å²) >= 11 is 0. The van der Waals surface area contributed by atoms with Gasteiger partial charge in [-0.2, -0.15) is 5.10 Å². The quantitative estimate of drug-likeness (QED) is 0.729. The molecule has 5 nitrogen and oxygen atoms in total. The van der Waals surface area contributed by atoms with Crippen molar-refractivity contribution in [2.45, 2.75) is 19.3 Å². The monoisotopic (exact) mass is 318 g/mol. The number of rotatable bonds is 2. The molecule has 24 heavy (non-hydrogen) atoms. The Morgan fingerprint density at radius 3 is 2.54 bits per heavy atom. The highest BCUT2D eigenvalue weighted by molar-refractivity contribution is 6.07. The fourth-order valence-corrected chi connectivity index (χ4v) is 3.27. The molecule has 3 aromatic rings. The Balaban J connectivity index is 1.75. The lowest BCUT2D eigenvalue weighted by atomic mass is 9.85. The van der Waals surface area contributed by atoms with Gasteiger partial charge in [0.25, 0.3) is 0 Å². The number of carbonyl (C=O) groups excluding carboxylic acids is 1. The van der Waals surface area contributed by atoms with Gasteiger partial charge in [-0.3, -0.25) is 9.78 Å². The molecule has 0 saturated carbocycles. The first-order valence-electron chi connectivity index (χ1n) is 7.86. The summed E-state index contributed by atoms with van der Waals surface area (Å²) in [6.07, 6.45) is 7.31. The second-order valence-electron chi connectivity index (χ2n) is 6.60. The minimum absolute atomic E-state index is 0.127. The first-order valence-corrected chi connectivity index (χ1v) is 7.86. The Kier molecular flexibility index (Phi) is 3.06. The molecule has 1 aliphatic rings. The molecule has 1 amide bonds. The van der Waals surface area contributed by atoms with Gasteiger partial charge in [-0.05, 0) is 43.2 Å². The van der Waals surface area contributed by atoms with Crippen LogP contribution in [0.4, 0.5) is 5.69 Å². The van der Waals surface area contributed by atoms with E-state index in [1.54, 1.807) is 17.3 Å². The number of likely N-dealkylation sites (N-methyl/N-ethyl adjacent to an activating group) is 1. The van der Waals surface area contributed by atoms with E-state index < -0.39 is 5.41 Å². The fourth-order valence-electron chi connectivity index (χ4n) is 3.27. The predicted molar refractivity (Wildman–Crippen MR) is 93.2 cm³/mol. The minimum Gasteiger partial charge on any atom is -0.314 e. The first kappa shape index (κ1) is 14.6. The number of hydrogen-bond acceptors (Lipinski definition) is 3. The van der Waals surface area contributed by atoms with E-state index >= 15 is 0 Å². The van der Waals surface area contributed by atoms with Gasteiger partial charge >= 0.3 is 0 Å². The van der Waals surface area contributed by atoms with Gasteiger partial charge in [0.15, 0.2) is 0 Å². The molecule has 5 heteroatoms. The lowest BCUT2D eigenvalue weighted by Crippen LogP contribution is -2.33. The van der Waals surface area contributed by atoms with Gasteiger partial charge in [-0.15, -0.1) is 0 Å². The van der Waals surface area contributed by atoms with Crippen LogP contribution in [0.2, 0.25) is 0 Å². The first-order chi connectivity index (χ1) is 11.5. The molecule has 0 radical (unpaired) electrons. The van der Waals surface area contributed by atoms with Crippen LogP contribution >= 0.6 is 0 Å². The van der Waals surface area contributed by atoms with Crippen molar-refractivity contribution in [3.8, 4) is 16.8 Å². The van der Waals surface area contributed by atoms with E-state index in [-0.39, 0.29) is 5.91 Å². The number of hydrogen-bond donors (Lipinski definition) is 0. The van der Waals surface area contributed by atoms with Gasteiger partial charge < -0.3 is 4.90 Å². The van der Waals surface area contributed by atoms with Gasteiger partial charge in [-0.1, -0.05) is 12.1 Å². The number of carbonyl (C=O) groups is 1. The third kappa shape index (κ3) is 2.05. The number of fused-ring (bicyclic) bond motifs is 1. The van der Waals surface area contributed by atoms with Gasteiger partial charge in [0.1, 0.15) is 0 Å². The summed E-state index contributed by atoms with van der Waals surface area (Å²) in [6.45, 7) is 3.94. The van der Waals surface area contributed by atoms with Gasteiger partial charge in [0.05, 0.1) is 17.3 Å². The molecular formula is C19H18N4O. The fraction of sp³-hybridized carbons (Fsp3) is 0.211. The smallest absolute Gasteiger partial charge is 0.236 e. The molecular weight excluding hydrogens is 300 g/mol. The summed E-state index contributed by atoms with van der Waals surface area (Å²) < 4.78 is 1.82. The molecule has 1 aliphatic heterocycles. The van der Waals surface area contributed by atoms with Crippen LogP contribution in [-0.4, -0.2) is 27.7 Å². The van der Waals surface area contributed by atoms with Crippen molar-refractivity contribution in [3.63, 3.8) is 0 Å². The molecule has 0 unspecified atom stereocenters. The highest BCUT2D eigenvalue weighted by atomic mass is 16.2. The maximum absolute atomic E-state index is 12.4. The number of pyridine rings is 1. The molecule has 120 valence electrons. The SMILES string of the molecule is CN1C(=O)C(C)(C)c2ccc(-c3cnn(-c4ccncc4)c3)cc21. The van der Waals surface area contributed by atoms with Crippen LogP contribution < -0.4 is 4.90 Å². The van der Waals surface area contributed by atoms with Gasteiger partial charge in [0.2, 0.25) is 5.91 Å². The standard InChI is InChI=1S/C19H18N4O/c1-19(2)16-5-4-13(10-17(16)22(3)18(19)24)14-11-21-23(12-14)15-6-8-20-9-7-15/h4-12H,1-3H3. The Morgan fingerprint density at radius 2 is 1.79 bits per heavy atom. The van der Waals surface area contributed by atoms with Crippen LogP contribution in [0.25, 0.3) is 16.8 Å². The van der Waals surface area contributed by atoms with Crippen LogP contribution in [0.15, 0.2) is 55.1 Å². The number of nitrogens with zero attached hydrogens (tertiary/aromatic N) is 4. The van der Waals surface area contributed by atoms with Crippen LogP contribution in [-0.2, 0) is 10.2 Å².